The first-order chi connectivity index (χ1) is 12.0. The van der Waals surface area contributed by atoms with Crippen LogP contribution in [0.1, 0.15) is 12.0 Å². The molecular weight excluding hydrogens is 333 g/mol. The summed E-state index contributed by atoms with van der Waals surface area (Å²) in [6.45, 7) is 1.21. The molecule has 130 valence electrons. The van der Waals surface area contributed by atoms with Crippen LogP contribution in [0.4, 0.5) is 18.9 Å². The summed E-state index contributed by atoms with van der Waals surface area (Å²) >= 11 is 0. The van der Waals surface area contributed by atoms with Crippen molar-refractivity contribution in [1.82, 2.24) is 9.97 Å². The summed E-state index contributed by atoms with van der Waals surface area (Å²) in [5.41, 5.74) is 2.68. The number of allylic oxidation sites excluding steroid dienone is 1. The third-order valence-electron chi connectivity index (χ3n) is 3.54. The monoisotopic (exact) mass is 348 g/mol. The highest BCUT2D eigenvalue weighted by atomic mass is 19.4. The average Bonchev–Trinajstić information content (AvgIpc) is 2.61. The molecule has 0 saturated heterocycles. The summed E-state index contributed by atoms with van der Waals surface area (Å²) in [6.07, 6.45) is 4.74. The molecular formula is C17H15F3N4O. The maximum absolute atomic E-state index is 12.2. The Balaban J connectivity index is 1.60. The van der Waals surface area contributed by atoms with Crippen LogP contribution in [0, 0.1) is 0 Å². The SMILES string of the molecule is FC(F)(F)Oc1ccc(N2C=CC(=NCc3cncnc3)CC2)cc1. The van der Waals surface area contributed by atoms with Gasteiger partial charge in [-0.05, 0) is 30.3 Å². The zero-order valence-corrected chi connectivity index (χ0v) is 13.1. The lowest BCUT2D eigenvalue weighted by molar-refractivity contribution is -0.274. The summed E-state index contributed by atoms with van der Waals surface area (Å²) < 4.78 is 40.4. The molecule has 0 aliphatic carbocycles. The molecule has 1 aromatic carbocycles. The summed E-state index contributed by atoms with van der Waals surface area (Å²) in [6, 6.07) is 5.79. The Hall–Kier alpha value is -2.90. The minimum absolute atomic E-state index is 0.232. The first-order valence-corrected chi connectivity index (χ1v) is 7.57. The van der Waals surface area contributed by atoms with E-state index >= 15 is 0 Å². The second kappa shape index (κ2) is 7.33. The largest absolute Gasteiger partial charge is 0.573 e. The Morgan fingerprint density at radius 1 is 1.12 bits per heavy atom. The molecule has 1 aromatic heterocycles. The Labute approximate surface area is 142 Å². The third-order valence-corrected chi connectivity index (χ3v) is 3.54. The van der Waals surface area contributed by atoms with E-state index in [0.717, 1.165) is 23.4 Å². The number of anilines is 1. The first-order valence-electron chi connectivity index (χ1n) is 7.57. The molecule has 8 heteroatoms. The second-order valence-corrected chi connectivity index (χ2v) is 5.36. The Kier molecular flexibility index (Phi) is 4.97. The maximum Gasteiger partial charge on any atom is 0.573 e. The van der Waals surface area contributed by atoms with E-state index in [1.165, 1.54) is 18.5 Å². The summed E-state index contributed by atoms with van der Waals surface area (Å²) in [7, 11) is 0. The number of nitrogens with zero attached hydrogens (tertiary/aromatic N) is 4. The quantitative estimate of drug-likeness (QED) is 0.845. The number of aliphatic imine (C=N–C) groups is 1. The second-order valence-electron chi connectivity index (χ2n) is 5.36. The molecule has 0 amide bonds. The Morgan fingerprint density at radius 2 is 1.84 bits per heavy atom. The molecule has 0 spiro atoms. The van der Waals surface area contributed by atoms with E-state index in [-0.39, 0.29) is 5.75 Å². The number of halogens is 3. The molecule has 0 atom stereocenters. The van der Waals surface area contributed by atoms with Crippen molar-refractivity contribution in [1.29, 1.82) is 0 Å². The van der Waals surface area contributed by atoms with Gasteiger partial charge in [0.2, 0.25) is 0 Å². The average molecular weight is 348 g/mol. The van der Waals surface area contributed by atoms with E-state index < -0.39 is 6.36 Å². The van der Waals surface area contributed by atoms with Crippen molar-refractivity contribution in [3.8, 4) is 5.75 Å². The highest BCUT2D eigenvalue weighted by molar-refractivity contribution is 5.96. The van der Waals surface area contributed by atoms with Crippen LogP contribution in [0.15, 0.2) is 60.3 Å². The predicted octanol–water partition coefficient (Wildman–Crippen LogP) is 3.74. The van der Waals surface area contributed by atoms with Crippen molar-refractivity contribution in [2.24, 2.45) is 4.99 Å². The van der Waals surface area contributed by atoms with Gasteiger partial charge < -0.3 is 9.64 Å². The van der Waals surface area contributed by atoms with Crippen LogP contribution in [0.25, 0.3) is 0 Å². The van der Waals surface area contributed by atoms with Crippen molar-refractivity contribution in [3.63, 3.8) is 0 Å². The fourth-order valence-corrected chi connectivity index (χ4v) is 2.36. The van der Waals surface area contributed by atoms with E-state index in [0.29, 0.717) is 13.1 Å². The van der Waals surface area contributed by atoms with Gasteiger partial charge in [0.1, 0.15) is 12.1 Å². The summed E-state index contributed by atoms with van der Waals surface area (Å²) in [4.78, 5) is 14.3. The maximum atomic E-state index is 12.2. The number of aromatic nitrogens is 2. The molecule has 2 aromatic rings. The molecule has 25 heavy (non-hydrogen) atoms. The highest BCUT2D eigenvalue weighted by Gasteiger charge is 2.31. The van der Waals surface area contributed by atoms with E-state index in [4.69, 9.17) is 0 Å². The van der Waals surface area contributed by atoms with Crippen molar-refractivity contribution in [3.05, 3.63) is 60.8 Å². The van der Waals surface area contributed by atoms with Crippen LogP contribution in [0.5, 0.6) is 5.75 Å². The van der Waals surface area contributed by atoms with E-state index in [9.17, 15) is 13.2 Å². The molecule has 2 heterocycles. The van der Waals surface area contributed by atoms with Crippen LogP contribution in [0.2, 0.25) is 0 Å². The van der Waals surface area contributed by atoms with Crippen molar-refractivity contribution in [2.75, 3.05) is 11.4 Å². The van der Waals surface area contributed by atoms with Gasteiger partial charge in [-0.2, -0.15) is 0 Å². The topological polar surface area (TPSA) is 50.6 Å². The lowest BCUT2D eigenvalue weighted by Crippen LogP contribution is -2.24. The summed E-state index contributed by atoms with van der Waals surface area (Å²) in [5.74, 6) is -0.232. The fraction of sp³-hybridized carbons (Fsp3) is 0.235. The Morgan fingerprint density at radius 3 is 2.44 bits per heavy atom. The Bertz CT molecular complexity index is 758. The smallest absolute Gasteiger partial charge is 0.406 e. The van der Waals surface area contributed by atoms with Gasteiger partial charge in [0.25, 0.3) is 0 Å². The number of rotatable bonds is 4. The number of benzene rings is 1. The molecule has 0 fully saturated rings. The van der Waals surface area contributed by atoms with Gasteiger partial charge in [-0.1, -0.05) is 0 Å². The van der Waals surface area contributed by atoms with Gasteiger partial charge in [-0.15, -0.1) is 13.2 Å². The van der Waals surface area contributed by atoms with Crippen LogP contribution in [-0.4, -0.2) is 28.6 Å². The van der Waals surface area contributed by atoms with E-state index in [1.54, 1.807) is 24.5 Å². The van der Waals surface area contributed by atoms with Gasteiger partial charge in [0.15, 0.2) is 0 Å². The zero-order valence-electron chi connectivity index (χ0n) is 13.1. The summed E-state index contributed by atoms with van der Waals surface area (Å²) in [5, 5.41) is 0. The lowest BCUT2D eigenvalue weighted by atomic mass is 10.1. The fourth-order valence-electron chi connectivity index (χ4n) is 2.36. The van der Waals surface area contributed by atoms with Crippen LogP contribution in [-0.2, 0) is 6.54 Å². The molecule has 0 radical (unpaired) electrons. The normalized spacial score (nSPS) is 16.3. The standard InChI is InChI=1S/C17H15F3N4O/c18-17(19,20)25-16-3-1-15(2-4-16)24-7-5-14(6-8-24)23-11-13-9-21-12-22-10-13/h1-5,7,9-10,12H,6,8,11H2. The predicted molar refractivity (Wildman–Crippen MR) is 87.4 cm³/mol. The van der Waals surface area contributed by atoms with Crippen LogP contribution in [0.3, 0.4) is 0 Å². The van der Waals surface area contributed by atoms with Gasteiger partial charge >= 0.3 is 6.36 Å². The van der Waals surface area contributed by atoms with E-state index in [2.05, 4.69) is 19.7 Å². The van der Waals surface area contributed by atoms with E-state index in [1.807, 2.05) is 17.2 Å². The lowest BCUT2D eigenvalue weighted by Gasteiger charge is -2.24. The molecule has 0 saturated carbocycles. The first kappa shape index (κ1) is 16.9. The van der Waals surface area contributed by atoms with Gasteiger partial charge in [-0.25, -0.2) is 9.97 Å². The zero-order chi connectivity index (χ0) is 17.7. The number of hydrogen-bond acceptors (Lipinski definition) is 5. The third kappa shape index (κ3) is 5.03. The molecule has 3 rings (SSSR count). The molecule has 0 N–H and O–H groups in total. The number of hydrogen-bond donors (Lipinski definition) is 0. The van der Waals surface area contributed by atoms with Crippen molar-refractivity contribution < 1.29 is 17.9 Å². The molecule has 0 unspecified atom stereocenters. The van der Waals surface area contributed by atoms with Crippen LogP contribution < -0.4 is 9.64 Å². The van der Waals surface area contributed by atoms with Gasteiger partial charge in [0, 0.05) is 48.5 Å². The minimum atomic E-state index is -4.68. The molecule has 1 aliphatic heterocycles. The number of alkyl halides is 3. The number of ether oxygens (including phenoxy) is 1. The molecule has 1 aliphatic rings. The van der Waals surface area contributed by atoms with Gasteiger partial charge in [0.05, 0.1) is 6.54 Å². The van der Waals surface area contributed by atoms with Crippen molar-refractivity contribution in [2.45, 2.75) is 19.3 Å². The highest BCUT2D eigenvalue weighted by Crippen LogP contribution is 2.26. The van der Waals surface area contributed by atoms with Gasteiger partial charge in [-0.3, -0.25) is 4.99 Å². The molecule has 0 bridgehead atoms. The van der Waals surface area contributed by atoms with Crippen LogP contribution >= 0.6 is 0 Å². The van der Waals surface area contributed by atoms with Crippen molar-refractivity contribution >= 4 is 11.4 Å². The minimum Gasteiger partial charge on any atom is -0.406 e. The molecule has 5 nitrogen and oxygen atoms in total.